The van der Waals surface area contributed by atoms with E-state index < -0.39 is 0 Å². The summed E-state index contributed by atoms with van der Waals surface area (Å²) < 4.78 is 0. The van der Waals surface area contributed by atoms with Crippen molar-refractivity contribution in [2.24, 2.45) is 0 Å². The highest BCUT2D eigenvalue weighted by Crippen LogP contribution is 2.48. The van der Waals surface area contributed by atoms with E-state index in [0.717, 1.165) is 39.8 Å². The van der Waals surface area contributed by atoms with Crippen LogP contribution in [-0.4, -0.2) is 4.98 Å². The Balaban J connectivity index is 1.17. The molecular formula is C42H31ClN4. The molecule has 1 N–H and O–H groups in total. The van der Waals surface area contributed by atoms with E-state index in [0.29, 0.717) is 5.02 Å². The largest absolute Gasteiger partial charge is 0.357 e. The molecule has 1 unspecified atom stereocenters. The lowest BCUT2D eigenvalue weighted by Gasteiger charge is -2.28. The molecule has 0 saturated heterocycles. The van der Waals surface area contributed by atoms with E-state index in [1.807, 2.05) is 36.4 Å². The zero-order chi connectivity index (χ0) is 31.6. The van der Waals surface area contributed by atoms with Crippen LogP contribution in [0.5, 0.6) is 0 Å². The fourth-order valence-electron chi connectivity index (χ4n) is 6.28. The van der Waals surface area contributed by atoms with Gasteiger partial charge in [-0.2, -0.15) is 0 Å². The number of rotatable bonds is 7. The number of nitrogens with zero attached hydrogens (tertiary/aromatic N) is 3. The van der Waals surface area contributed by atoms with Crippen LogP contribution in [0.15, 0.2) is 176 Å². The van der Waals surface area contributed by atoms with Crippen LogP contribution in [-0.2, 0) is 0 Å². The van der Waals surface area contributed by atoms with Crippen LogP contribution >= 0.6 is 11.6 Å². The quantitative estimate of drug-likeness (QED) is 0.191. The van der Waals surface area contributed by atoms with Crippen molar-refractivity contribution in [3.8, 4) is 22.3 Å². The standard InChI is InChI=1S/C42H31ClN4/c43-39-28-29-44-42-40(39)45-41(47(42)35-14-8-3-9-15-35)34-20-26-38(27-21-34)46(36-22-16-32(17-23-36)30-10-4-1-5-11-30)37-24-18-33(19-25-37)31-12-6-2-7-13-31/h1-29,41,45H. The zero-order valence-electron chi connectivity index (χ0n) is 25.5. The molecule has 0 amide bonds. The van der Waals surface area contributed by atoms with Crippen molar-refractivity contribution in [1.82, 2.24) is 4.98 Å². The van der Waals surface area contributed by atoms with Gasteiger partial charge in [0, 0.05) is 28.9 Å². The van der Waals surface area contributed by atoms with Crippen molar-refractivity contribution in [3.05, 3.63) is 187 Å². The monoisotopic (exact) mass is 626 g/mol. The molecule has 0 radical (unpaired) electrons. The topological polar surface area (TPSA) is 31.4 Å². The van der Waals surface area contributed by atoms with Gasteiger partial charge in [-0.05, 0) is 82.4 Å². The van der Waals surface area contributed by atoms with Gasteiger partial charge in [-0.25, -0.2) is 4.98 Å². The minimum Gasteiger partial charge on any atom is -0.357 e. The molecule has 5 heteroatoms. The lowest BCUT2D eigenvalue weighted by atomic mass is 10.0. The summed E-state index contributed by atoms with van der Waals surface area (Å²) in [6, 6.07) is 59.4. The molecule has 0 spiro atoms. The fraction of sp³-hybridized carbons (Fsp3) is 0.0238. The Hall–Kier alpha value is -5.84. The molecule has 1 atom stereocenters. The Bertz CT molecular complexity index is 2020. The Labute approximate surface area is 280 Å². The van der Waals surface area contributed by atoms with Gasteiger partial charge in [0.2, 0.25) is 0 Å². The van der Waals surface area contributed by atoms with Crippen molar-refractivity contribution in [2.45, 2.75) is 6.17 Å². The minimum absolute atomic E-state index is 0.169. The average molecular weight is 627 g/mol. The molecule has 8 rings (SSSR count). The van der Waals surface area contributed by atoms with Crippen LogP contribution < -0.4 is 15.1 Å². The molecule has 1 aliphatic rings. The van der Waals surface area contributed by atoms with E-state index >= 15 is 0 Å². The molecule has 2 heterocycles. The normalized spacial score (nSPS) is 13.6. The maximum Gasteiger partial charge on any atom is 0.160 e. The maximum absolute atomic E-state index is 6.64. The summed E-state index contributed by atoms with van der Waals surface area (Å²) in [6.07, 6.45) is 1.59. The van der Waals surface area contributed by atoms with Crippen molar-refractivity contribution in [3.63, 3.8) is 0 Å². The predicted octanol–water partition coefficient (Wildman–Crippen LogP) is 11.8. The Kier molecular flexibility index (Phi) is 7.62. The van der Waals surface area contributed by atoms with Crippen LogP contribution in [0.2, 0.25) is 5.02 Å². The molecule has 226 valence electrons. The second kappa shape index (κ2) is 12.5. The third-order valence-corrected chi connectivity index (χ3v) is 8.93. The van der Waals surface area contributed by atoms with Crippen molar-refractivity contribution < 1.29 is 0 Å². The highest BCUT2D eigenvalue weighted by atomic mass is 35.5. The second-order valence-corrected chi connectivity index (χ2v) is 11.9. The lowest BCUT2D eigenvalue weighted by molar-refractivity contribution is 0.820. The van der Waals surface area contributed by atoms with Crippen molar-refractivity contribution in [2.75, 3.05) is 15.1 Å². The van der Waals surface area contributed by atoms with E-state index in [1.54, 1.807) is 6.20 Å². The smallest absolute Gasteiger partial charge is 0.160 e. The molecule has 0 bridgehead atoms. The molecular weight excluding hydrogens is 596 g/mol. The van der Waals surface area contributed by atoms with Gasteiger partial charge in [-0.3, -0.25) is 4.90 Å². The number of pyridine rings is 1. The molecule has 0 aliphatic carbocycles. The van der Waals surface area contributed by atoms with E-state index in [4.69, 9.17) is 16.6 Å². The van der Waals surface area contributed by atoms with Gasteiger partial charge in [-0.1, -0.05) is 127 Å². The van der Waals surface area contributed by atoms with Crippen LogP contribution in [0.1, 0.15) is 11.7 Å². The molecule has 1 aromatic heterocycles. The van der Waals surface area contributed by atoms with Crippen molar-refractivity contribution >= 4 is 45.9 Å². The van der Waals surface area contributed by atoms with E-state index in [1.165, 1.54) is 22.3 Å². The first-order valence-corrected chi connectivity index (χ1v) is 16.1. The van der Waals surface area contributed by atoms with Crippen LogP contribution in [0.25, 0.3) is 22.3 Å². The summed E-state index contributed by atoms with van der Waals surface area (Å²) in [6.45, 7) is 0. The zero-order valence-corrected chi connectivity index (χ0v) is 26.3. The molecule has 1 aliphatic heterocycles. The van der Waals surface area contributed by atoms with Crippen LogP contribution in [0, 0.1) is 0 Å². The molecule has 47 heavy (non-hydrogen) atoms. The van der Waals surface area contributed by atoms with Gasteiger partial charge in [0.1, 0.15) is 6.17 Å². The van der Waals surface area contributed by atoms with E-state index in [9.17, 15) is 0 Å². The summed E-state index contributed by atoms with van der Waals surface area (Å²) in [4.78, 5) is 9.22. The summed E-state index contributed by atoms with van der Waals surface area (Å²) in [5.41, 5.74) is 11.0. The number of aromatic nitrogens is 1. The predicted molar refractivity (Wildman–Crippen MR) is 196 cm³/mol. The number of anilines is 6. The average Bonchev–Trinajstić information content (AvgIpc) is 3.55. The maximum atomic E-state index is 6.64. The van der Waals surface area contributed by atoms with Gasteiger partial charge in [0.25, 0.3) is 0 Å². The van der Waals surface area contributed by atoms with Crippen molar-refractivity contribution in [1.29, 1.82) is 0 Å². The highest BCUT2D eigenvalue weighted by molar-refractivity contribution is 6.34. The van der Waals surface area contributed by atoms with E-state index in [-0.39, 0.29) is 6.17 Å². The second-order valence-electron chi connectivity index (χ2n) is 11.5. The van der Waals surface area contributed by atoms with Crippen LogP contribution in [0.4, 0.5) is 34.3 Å². The SMILES string of the molecule is Clc1ccnc2c1NC(c1ccc(N(c3ccc(-c4ccccc4)cc3)c3ccc(-c4ccccc4)cc3)cc1)N2c1ccccc1. The third kappa shape index (κ3) is 5.60. The van der Waals surface area contributed by atoms with Gasteiger partial charge in [0.05, 0.1) is 10.7 Å². The molecule has 6 aromatic carbocycles. The minimum atomic E-state index is -0.169. The number of hydrogen-bond donors (Lipinski definition) is 1. The highest BCUT2D eigenvalue weighted by Gasteiger charge is 2.34. The Morgan fingerprint density at radius 1 is 0.511 bits per heavy atom. The van der Waals surface area contributed by atoms with Gasteiger partial charge in [0.15, 0.2) is 5.82 Å². The first-order valence-electron chi connectivity index (χ1n) is 15.7. The number of halogens is 1. The fourth-order valence-corrected chi connectivity index (χ4v) is 6.48. The number of nitrogens with one attached hydrogen (secondary N) is 1. The van der Waals surface area contributed by atoms with E-state index in [2.05, 4.69) is 149 Å². The number of para-hydroxylation sites is 1. The number of hydrogen-bond acceptors (Lipinski definition) is 4. The van der Waals surface area contributed by atoms with Crippen LogP contribution in [0.3, 0.4) is 0 Å². The summed E-state index contributed by atoms with van der Waals surface area (Å²) in [5, 5.41) is 4.29. The molecule has 0 fully saturated rings. The first-order chi connectivity index (χ1) is 23.2. The molecule has 4 nitrogen and oxygen atoms in total. The summed E-state index contributed by atoms with van der Waals surface area (Å²) in [7, 11) is 0. The molecule has 0 saturated carbocycles. The first kappa shape index (κ1) is 28.6. The number of fused-ring (bicyclic) bond motifs is 1. The Morgan fingerprint density at radius 2 is 0.957 bits per heavy atom. The summed E-state index contributed by atoms with van der Waals surface area (Å²) in [5.74, 6) is 0.816. The van der Waals surface area contributed by atoms with Gasteiger partial charge >= 0.3 is 0 Å². The number of benzene rings is 6. The molecule has 7 aromatic rings. The van der Waals surface area contributed by atoms with Gasteiger partial charge < -0.3 is 10.2 Å². The summed E-state index contributed by atoms with van der Waals surface area (Å²) >= 11 is 6.64. The van der Waals surface area contributed by atoms with Gasteiger partial charge in [-0.15, -0.1) is 0 Å². The Morgan fingerprint density at radius 3 is 1.47 bits per heavy atom. The third-order valence-electron chi connectivity index (χ3n) is 8.61. The lowest BCUT2D eigenvalue weighted by Crippen LogP contribution is -2.23.